The summed E-state index contributed by atoms with van der Waals surface area (Å²) in [6, 6.07) is 5.46. The number of nitrogens with zero attached hydrogens (tertiary/aromatic N) is 1. The number of fused-ring (bicyclic) bond motifs is 1. The molecule has 0 spiro atoms. The zero-order chi connectivity index (χ0) is 10.1. The van der Waals surface area contributed by atoms with Crippen molar-refractivity contribution in [3.8, 4) is 5.75 Å². The summed E-state index contributed by atoms with van der Waals surface area (Å²) >= 11 is 1.18. The minimum atomic E-state index is -0.0305. The van der Waals surface area contributed by atoms with Crippen molar-refractivity contribution in [1.29, 1.82) is 0 Å². The van der Waals surface area contributed by atoms with E-state index in [4.69, 9.17) is 0 Å². The van der Waals surface area contributed by atoms with Crippen LogP contribution in [0.2, 0.25) is 0 Å². The van der Waals surface area contributed by atoms with E-state index in [0.29, 0.717) is 5.39 Å². The van der Waals surface area contributed by atoms with E-state index in [1.807, 2.05) is 12.1 Å². The van der Waals surface area contributed by atoms with Crippen molar-refractivity contribution in [2.24, 2.45) is 5.18 Å². The molecule has 1 heterocycles. The quantitative estimate of drug-likeness (QED) is 0.745. The third-order valence-electron chi connectivity index (χ3n) is 2.02. The highest BCUT2D eigenvalue weighted by molar-refractivity contribution is 7.23. The number of anilines is 1. The molecule has 0 radical (unpaired) electrons. The van der Waals surface area contributed by atoms with Crippen LogP contribution in [0.5, 0.6) is 5.75 Å². The number of aromatic hydroxyl groups is 1. The van der Waals surface area contributed by atoms with Gasteiger partial charge in [0.1, 0.15) is 0 Å². The molecule has 2 rings (SSSR count). The average Bonchev–Trinajstić information content (AvgIpc) is 2.55. The first kappa shape index (κ1) is 8.96. The van der Waals surface area contributed by atoms with Crippen molar-refractivity contribution in [3.05, 3.63) is 23.1 Å². The molecule has 1 aromatic heterocycles. The van der Waals surface area contributed by atoms with Crippen molar-refractivity contribution in [2.75, 3.05) is 12.4 Å². The van der Waals surface area contributed by atoms with Gasteiger partial charge in [-0.05, 0) is 17.3 Å². The molecule has 0 aliphatic rings. The Bertz CT molecular complexity index is 493. The van der Waals surface area contributed by atoms with Gasteiger partial charge in [0, 0.05) is 12.4 Å². The predicted molar refractivity (Wildman–Crippen MR) is 58.5 cm³/mol. The molecule has 0 amide bonds. The maximum Gasteiger partial charge on any atom is 0.203 e. The van der Waals surface area contributed by atoms with E-state index in [2.05, 4.69) is 10.5 Å². The van der Waals surface area contributed by atoms with E-state index in [1.165, 1.54) is 11.3 Å². The Morgan fingerprint density at radius 2 is 2.29 bits per heavy atom. The third-order valence-corrected chi connectivity index (χ3v) is 3.13. The molecule has 72 valence electrons. The summed E-state index contributed by atoms with van der Waals surface area (Å²) in [5.41, 5.74) is 0.887. The molecular weight excluding hydrogens is 200 g/mol. The van der Waals surface area contributed by atoms with Crippen LogP contribution in [0.25, 0.3) is 10.1 Å². The molecule has 0 unspecified atom stereocenters. The van der Waals surface area contributed by atoms with Gasteiger partial charge >= 0.3 is 0 Å². The molecule has 2 aromatic rings. The van der Waals surface area contributed by atoms with Crippen molar-refractivity contribution in [1.82, 2.24) is 0 Å². The van der Waals surface area contributed by atoms with Crippen LogP contribution in [0.3, 0.4) is 0 Å². The van der Waals surface area contributed by atoms with E-state index in [1.54, 1.807) is 13.1 Å². The molecule has 1 aromatic carbocycles. The van der Waals surface area contributed by atoms with Gasteiger partial charge < -0.3 is 10.4 Å². The number of nitrogens with one attached hydrogen (secondary N) is 1. The fraction of sp³-hybridized carbons (Fsp3) is 0.111. The van der Waals surface area contributed by atoms with Crippen LogP contribution in [0.4, 0.5) is 10.7 Å². The zero-order valence-electron chi connectivity index (χ0n) is 7.44. The highest BCUT2D eigenvalue weighted by atomic mass is 32.1. The van der Waals surface area contributed by atoms with Gasteiger partial charge in [-0.15, -0.1) is 16.2 Å². The second kappa shape index (κ2) is 3.26. The average molecular weight is 208 g/mol. The van der Waals surface area contributed by atoms with Gasteiger partial charge in [0.05, 0.1) is 10.4 Å². The fourth-order valence-corrected chi connectivity index (χ4v) is 2.34. The second-order valence-electron chi connectivity index (χ2n) is 2.78. The summed E-state index contributed by atoms with van der Waals surface area (Å²) in [6.45, 7) is 0. The summed E-state index contributed by atoms with van der Waals surface area (Å²) in [5, 5.41) is 16.2. The maximum absolute atomic E-state index is 10.4. The Morgan fingerprint density at radius 3 is 2.93 bits per heavy atom. The number of rotatable bonds is 2. The maximum atomic E-state index is 10.4. The molecular formula is C9H8N2O2S. The number of hydrogen-bond acceptors (Lipinski definition) is 5. The summed E-state index contributed by atoms with van der Waals surface area (Å²) in [5.74, 6) is -0.0305. The van der Waals surface area contributed by atoms with Crippen LogP contribution in [-0.4, -0.2) is 12.2 Å². The van der Waals surface area contributed by atoms with Gasteiger partial charge in [-0.25, -0.2) is 0 Å². The lowest BCUT2D eigenvalue weighted by atomic mass is 10.2. The smallest absolute Gasteiger partial charge is 0.203 e. The zero-order valence-corrected chi connectivity index (χ0v) is 8.26. The van der Waals surface area contributed by atoms with Gasteiger partial charge in [0.25, 0.3) is 0 Å². The lowest BCUT2D eigenvalue weighted by Gasteiger charge is -1.99. The lowest BCUT2D eigenvalue weighted by Crippen LogP contribution is -1.86. The van der Waals surface area contributed by atoms with E-state index < -0.39 is 0 Å². The van der Waals surface area contributed by atoms with Crippen LogP contribution in [0.1, 0.15) is 0 Å². The first-order chi connectivity index (χ1) is 6.77. The molecule has 5 heteroatoms. The van der Waals surface area contributed by atoms with Crippen molar-refractivity contribution in [3.63, 3.8) is 0 Å². The van der Waals surface area contributed by atoms with Gasteiger partial charge in [-0.2, -0.15) is 0 Å². The van der Waals surface area contributed by atoms with Crippen LogP contribution < -0.4 is 5.32 Å². The summed E-state index contributed by atoms with van der Waals surface area (Å²) < 4.78 is 0.849. The molecule has 14 heavy (non-hydrogen) atoms. The summed E-state index contributed by atoms with van der Waals surface area (Å²) in [6.07, 6.45) is 0. The number of hydrogen-bond donors (Lipinski definition) is 2. The Kier molecular flexibility index (Phi) is 2.09. The van der Waals surface area contributed by atoms with Crippen LogP contribution in [0, 0.1) is 4.91 Å². The number of nitroso groups, excluding NO2 is 1. The molecule has 0 bridgehead atoms. The van der Waals surface area contributed by atoms with Crippen molar-refractivity contribution in [2.45, 2.75) is 0 Å². The van der Waals surface area contributed by atoms with E-state index in [-0.39, 0.29) is 10.8 Å². The monoisotopic (exact) mass is 208 g/mol. The molecule has 0 saturated carbocycles. The molecule has 0 atom stereocenters. The van der Waals surface area contributed by atoms with Crippen LogP contribution in [0.15, 0.2) is 23.4 Å². The molecule has 4 nitrogen and oxygen atoms in total. The van der Waals surface area contributed by atoms with Crippen molar-refractivity contribution >= 4 is 32.1 Å². The molecule has 0 fully saturated rings. The van der Waals surface area contributed by atoms with Gasteiger partial charge in [0.15, 0.2) is 5.75 Å². The summed E-state index contributed by atoms with van der Waals surface area (Å²) in [7, 11) is 1.79. The lowest BCUT2D eigenvalue weighted by molar-refractivity contribution is 0.485. The second-order valence-corrected chi connectivity index (χ2v) is 3.78. The largest absolute Gasteiger partial charge is 0.504 e. The highest BCUT2D eigenvalue weighted by Crippen LogP contribution is 2.45. The van der Waals surface area contributed by atoms with Crippen LogP contribution >= 0.6 is 11.3 Å². The standard InChI is InChI=1S/C9H8N2O2S/c1-10-6-4-2-3-5-7(12)9(11-13)14-8(5)6/h2-4,10,12H,1H3. The highest BCUT2D eigenvalue weighted by Gasteiger charge is 2.13. The molecule has 0 aliphatic carbocycles. The van der Waals surface area contributed by atoms with E-state index in [0.717, 1.165) is 10.4 Å². The molecule has 0 saturated heterocycles. The molecule has 2 N–H and O–H groups in total. The Hall–Kier alpha value is -1.62. The topological polar surface area (TPSA) is 61.7 Å². The van der Waals surface area contributed by atoms with Gasteiger partial charge in [-0.1, -0.05) is 6.07 Å². The summed E-state index contributed by atoms with van der Waals surface area (Å²) in [4.78, 5) is 10.4. The number of benzene rings is 1. The number of thiophene rings is 1. The normalized spacial score (nSPS) is 10.4. The third kappa shape index (κ3) is 1.13. The van der Waals surface area contributed by atoms with Crippen LogP contribution in [-0.2, 0) is 0 Å². The predicted octanol–water partition coefficient (Wildman–Crippen LogP) is 3.05. The SMILES string of the molecule is CNc1cccc2c(O)c(N=O)sc12. The minimum absolute atomic E-state index is 0.0305. The minimum Gasteiger partial charge on any atom is -0.504 e. The Labute approximate surface area is 84.2 Å². The molecule has 0 aliphatic heterocycles. The Morgan fingerprint density at radius 1 is 1.50 bits per heavy atom. The Balaban J connectivity index is 2.83. The van der Waals surface area contributed by atoms with Gasteiger partial charge in [-0.3, -0.25) is 0 Å². The first-order valence-electron chi connectivity index (χ1n) is 4.03. The van der Waals surface area contributed by atoms with E-state index >= 15 is 0 Å². The first-order valence-corrected chi connectivity index (χ1v) is 4.85. The fourth-order valence-electron chi connectivity index (χ4n) is 1.35. The van der Waals surface area contributed by atoms with Crippen molar-refractivity contribution < 1.29 is 5.11 Å². The van der Waals surface area contributed by atoms with E-state index in [9.17, 15) is 10.0 Å². The van der Waals surface area contributed by atoms with Gasteiger partial charge in [0.2, 0.25) is 5.00 Å².